The van der Waals surface area contributed by atoms with E-state index in [0.717, 1.165) is 98.8 Å². The van der Waals surface area contributed by atoms with Gasteiger partial charge >= 0.3 is 5.92 Å². The van der Waals surface area contributed by atoms with Crippen LogP contribution in [0.4, 0.5) is 8.78 Å². The number of rotatable bonds is 15. The number of aromatic nitrogens is 13. The number of alkyl halides is 2. The summed E-state index contributed by atoms with van der Waals surface area (Å²) >= 11 is 1.83. The van der Waals surface area contributed by atoms with Crippen molar-refractivity contribution in [1.29, 1.82) is 0 Å². The lowest BCUT2D eigenvalue weighted by Gasteiger charge is -2.27. The summed E-state index contributed by atoms with van der Waals surface area (Å²) < 4.78 is 64.1. The first-order chi connectivity index (χ1) is 53.5. The van der Waals surface area contributed by atoms with E-state index in [-0.39, 0.29) is 17.2 Å². The van der Waals surface area contributed by atoms with Gasteiger partial charge in [-0.25, -0.2) is 29.9 Å². The summed E-state index contributed by atoms with van der Waals surface area (Å²) in [6, 6.07) is 27.6. The van der Waals surface area contributed by atoms with Gasteiger partial charge in [-0.05, 0) is 208 Å². The molecule has 1 aliphatic carbocycles. The zero-order chi connectivity index (χ0) is 80.1. The third-order valence-corrected chi connectivity index (χ3v) is 22.0. The average molecular weight is 1530 g/mol. The van der Waals surface area contributed by atoms with Crippen molar-refractivity contribution in [3.05, 3.63) is 260 Å². The third-order valence-electron chi connectivity index (χ3n) is 20.9. The number of hydrogen-bond donors (Lipinski definition) is 0. The molecule has 17 nitrogen and oxygen atoms in total. The molecular formula is C92H109F2N13O4S. The normalized spacial score (nSPS) is 13.0. The molecule has 0 N–H and O–H groups in total. The van der Waals surface area contributed by atoms with Crippen molar-refractivity contribution in [3.63, 3.8) is 0 Å². The van der Waals surface area contributed by atoms with Crippen molar-refractivity contribution in [2.24, 2.45) is 0 Å². The van der Waals surface area contributed by atoms with Gasteiger partial charge in [-0.1, -0.05) is 132 Å². The molecular weight excluding hydrogens is 1420 g/mol. The number of halogens is 2. The number of benzene rings is 6. The monoisotopic (exact) mass is 1530 g/mol. The molecule has 17 rings (SSSR count). The van der Waals surface area contributed by atoms with Gasteiger partial charge in [0.2, 0.25) is 0 Å². The number of fused-ring (bicyclic) bond motifs is 5. The van der Waals surface area contributed by atoms with Crippen LogP contribution in [0, 0.1) is 48.5 Å². The second-order valence-electron chi connectivity index (χ2n) is 31.4. The highest BCUT2D eigenvalue weighted by Crippen LogP contribution is 2.49. The van der Waals surface area contributed by atoms with Gasteiger partial charge in [0.25, 0.3) is 0 Å². The van der Waals surface area contributed by atoms with Crippen LogP contribution in [-0.4, -0.2) is 82.3 Å². The van der Waals surface area contributed by atoms with Crippen LogP contribution in [0.25, 0.3) is 55.2 Å². The van der Waals surface area contributed by atoms with Crippen molar-refractivity contribution in [3.8, 4) is 51.4 Å². The molecule has 0 fully saturated rings. The molecule has 0 spiro atoms. The Morgan fingerprint density at radius 1 is 0.446 bits per heavy atom. The van der Waals surface area contributed by atoms with E-state index in [9.17, 15) is 8.78 Å². The maximum Gasteiger partial charge on any atom is 0.310 e. The lowest BCUT2D eigenvalue weighted by Crippen LogP contribution is -2.16. The Hall–Kier alpha value is -10.7. The number of aryl methyl sites for hydroxylation is 8. The quantitative estimate of drug-likeness (QED) is 0.0961. The molecule has 0 atom stereocenters. The molecule has 10 heterocycles. The van der Waals surface area contributed by atoms with E-state index in [4.69, 9.17) is 18.7 Å². The number of hydrogen-bond acceptors (Lipinski definition) is 12. The second-order valence-corrected chi connectivity index (χ2v) is 32.2. The average Bonchev–Trinajstić information content (AvgIpc) is 1.59. The first-order valence-corrected chi connectivity index (χ1v) is 40.3. The van der Waals surface area contributed by atoms with Crippen LogP contribution < -0.4 is 14.2 Å². The summed E-state index contributed by atoms with van der Waals surface area (Å²) in [5, 5.41) is 8.92. The molecule has 112 heavy (non-hydrogen) atoms. The minimum Gasteiger partial charge on any atom is -0.492 e. The Morgan fingerprint density at radius 2 is 0.893 bits per heavy atom. The standard InChI is InChI=1S/C16H22N2O.C16H18N2S.C15H16F2N2O.C15H17N3O.C15H18N2O.C15H18N2/c1-5-14-10-18(11-17-14)15-8-7-13(12(3)4)9-16(15)19-6-2;1-10(2)13-5-6-14(18-7-12(4)17-9-18)16-15(13)11(3)8-19-16;1-9(2)11-4-5-12(19-6-10(3)18-8-19)14-13(11)15(16,17)7-20-14;1-9(2)12-5-6-13(18-7-10(3)16-8-18)15-14(12)11(4)17-19-15;1-10(2)12-4-5-14(15-13(12)6-7-18-15)17-8-11(3)16-9-17;1-10(2)12-6-7-15(14-5-4-13(12)14)17-8-11(3)16-9-17/h7-12H,5-6H2,1-4H3;5-10H,1-4H3;4-6,8-9H,7H2,1-3H3;5-9H,1-4H3;4-5,8-10H,6-7H2,1-3H3;6-10H,4-5H2,1-3H3. The molecule has 0 radical (unpaired) electrons. The lowest BCUT2D eigenvalue weighted by atomic mass is 9.80. The van der Waals surface area contributed by atoms with Gasteiger partial charge in [0.05, 0.1) is 135 Å². The van der Waals surface area contributed by atoms with Crippen molar-refractivity contribution in [1.82, 2.24) is 62.5 Å². The van der Waals surface area contributed by atoms with Gasteiger partial charge in [0.1, 0.15) is 11.5 Å². The molecule has 14 aromatic rings. The fourth-order valence-corrected chi connectivity index (χ4v) is 16.0. The van der Waals surface area contributed by atoms with Crippen LogP contribution in [0.1, 0.15) is 233 Å². The number of ether oxygens (including phenoxy) is 3. The number of nitrogens with zero attached hydrogens (tertiary/aromatic N) is 13. The smallest absolute Gasteiger partial charge is 0.310 e. The van der Waals surface area contributed by atoms with Gasteiger partial charge in [0, 0.05) is 60.2 Å². The van der Waals surface area contributed by atoms with Crippen LogP contribution in [-0.2, 0) is 31.6 Å². The highest BCUT2D eigenvalue weighted by atomic mass is 32.1. The maximum atomic E-state index is 14.1. The molecule has 2 aliphatic heterocycles. The van der Waals surface area contributed by atoms with Gasteiger partial charge in [-0.3, -0.25) is 0 Å². The number of thiophene rings is 1. The largest absolute Gasteiger partial charge is 0.492 e. The first-order valence-electron chi connectivity index (χ1n) is 39.4. The van der Waals surface area contributed by atoms with Gasteiger partial charge < -0.3 is 46.1 Å². The lowest BCUT2D eigenvalue weighted by molar-refractivity contribution is -0.0221. The van der Waals surface area contributed by atoms with Gasteiger partial charge in [0.15, 0.2) is 17.9 Å². The molecule has 0 saturated heterocycles. The molecule has 6 aromatic carbocycles. The fourth-order valence-electron chi connectivity index (χ4n) is 14.9. The van der Waals surface area contributed by atoms with E-state index in [0.29, 0.717) is 47.4 Å². The number of imidazole rings is 6. The SMILES string of the molecule is CCOc1cc(C(C)C)ccc1-n1cnc(CC)c1.Cc1cn(-c2ccc(C(C)C)c3c(C)csc23)cn1.Cc1cn(-c2ccc(C(C)C)c3c(C)noc23)cn1.Cc1cn(-c2ccc(C(C)C)c3c2CC3)cn1.Cc1cn(-c2ccc(C(C)C)c3c2OCC3(F)F)cn1.Cc1cn(-c2ccc(C(C)C)c3c2OCC3)cn1. The molecule has 0 unspecified atom stereocenters. The Labute approximate surface area is 662 Å². The van der Waals surface area contributed by atoms with Crippen LogP contribution in [0.5, 0.6) is 17.2 Å². The van der Waals surface area contributed by atoms with Crippen LogP contribution in [0.3, 0.4) is 0 Å². The third kappa shape index (κ3) is 17.3. The molecule has 8 aromatic heterocycles. The van der Waals surface area contributed by atoms with Gasteiger partial charge in [-0.15, -0.1) is 11.3 Å². The van der Waals surface area contributed by atoms with Crippen molar-refractivity contribution in [2.75, 3.05) is 19.8 Å². The molecule has 586 valence electrons. The summed E-state index contributed by atoms with van der Waals surface area (Å²) in [4.78, 5) is 25.7. The molecule has 0 saturated carbocycles. The summed E-state index contributed by atoms with van der Waals surface area (Å²) in [6.45, 7) is 45.2. The van der Waals surface area contributed by atoms with Crippen LogP contribution in [0.2, 0.25) is 0 Å². The molecule has 0 bridgehead atoms. The topological polar surface area (TPSA) is 161 Å². The van der Waals surface area contributed by atoms with E-state index in [2.05, 4.69) is 218 Å². The summed E-state index contributed by atoms with van der Waals surface area (Å²) in [5.41, 5.74) is 27.6. The Bertz CT molecular complexity index is 5460. The van der Waals surface area contributed by atoms with E-state index >= 15 is 0 Å². The van der Waals surface area contributed by atoms with Crippen LogP contribution in [0.15, 0.2) is 164 Å². The van der Waals surface area contributed by atoms with E-state index in [1.165, 1.54) is 78.8 Å². The predicted octanol–water partition coefficient (Wildman–Crippen LogP) is 23.0. The maximum absolute atomic E-state index is 14.1. The molecule has 3 aliphatic rings. The Morgan fingerprint density at radius 3 is 1.39 bits per heavy atom. The summed E-state index contributed by atoms with van der Waals surface area (Å²) in [7, 11) is 0. The Balaban J connectivity index is 0.000000125. The first kappa shape index (κ1) is 80.8. The Kier molecular flexibility index (Phi) is 24.9. The summed E-state index contributed by atoms with van der Waals surface area (Å²) in [6.07, 6.45) is 27.4. The van der Waals surface area contributed by atoms with Gasteiger partial charge in [-0.2, -0.15) is 8.78 Å². The minimum absolute atomic E-state index is 0.0231. The second kappa shape index (κ2) is 34.5. The van der Waals surface area contributed by atoms with Crippen molar-refractivity contribution < 1.29 is 27.5 Å². The molecule has 20 heteroatoms. The van der Waals surface area contributed by atoms with E-state index < -0.39 is 12.5 Å². The zero-order valence-electron chi connectivity index (χ0n) is 69.0. The van der Waals surface area contributed by atoms with Crippen molar-refractivity contribution in [2.45, 2.75) is 213 Å². The zero-order valence-corrected chi connectivity index (χ0v) is 69.9. The van der Waals surface area contributed by atoms with Crippen LogP contribution >= 0.6 is 11.3 Å². The fraction of sp³-hybridized carbons (Fsp3) is 0.380. The molecule has 0 amide bonds. The highest BCUT2D eigenvalue weighted by Gasteiger charge is 2.45. The summed E-state index contributed by atoms with van der Waals surface area (Å²) in [5.74, 6) is 2.00. The van der Waals surface area contributed by atoms with E-state index in [1.54, 1.807) is 35.0 Å². The predicted molar refractivity (Wildman–Crippen MR) is 449 cm³/mol. The highest BCUT2D eigenvalue weighted by molar-refractivity contribution is 7.18. The van der Waals surface area contributed by atoms with Crippen molar-refractivity contribution >= 4 is 32.4 Å². The minimum atomic E-state index is -2.93. The van der Waals surface area contributed by atoms with E-state index in [1.807, 2.05) is 131 Å².